The molecule has 2 aliphatic rings. The quantitative estimate of drug-likeness (QED) is 0.521. The van der Waals surface area contributed by atoms with E-state index >= 15 is 0 Å². The van der Waals surface area contributed by atoms with Crippen LogP contribution in [0.2, 0.25) is 0 Å². The smallest absolute Gasteiger partial charge is 0.338 e. The lowest BCUT2D eigenvalue weighted by Crippen LogP contribution is -3.00. The first-order valence-corrected chi connectivity index (χ1v) is 8.10. The zero-order valence-electron chi connectivity index (χ0n) is 13.3. The van der Waals surface area contributed by atoms with Gasteiger partial charge in [-0.1, -0.05) is 6.07 Å². The van der Waals surface area contributed by atoms with Crippen molar-refractivity contribution in [3.05, 3.63) is 29.8 Å². The van der Waals surface area contributed by atoms with Gasteiger partial charge in [-0.3, -0.25) is 0 Å². The Morgan fingerprint density at radius 1 is 1.18 bits per heavy atom. The number of ether oxygens (including phenoxy) is 1. The number of carbonyl (C=O) groups excluding carboxylic acids is 1. The van der Waals surface area contributed by atoms with Gasteiger partial charge in [0.1, 0.15) is 0 Å². The van der Waals surface area contributed by atoms with Gasteiger partial charge in [0.05, 0.1) is 51.4 Å². The maximum atomic E-state index is 11.8. The molecule has 3 rings (SSSR count). The molecule has 2 fully saturated rings. The van der Waals surface area contributed by atoms with Gasteiger partial charge in [-0.15, -0.1) is 0 Å². The third kappa shape index (κ3) is 3.63. The van der Waals surface area contributed by atoms with E-state index in [1.807, 2.05) is 25.1 Å². The van der Waals surface area contributed by atoms with Crippen LogP contribution in [-0.2, 0) is 4.74 Å². The lowest BCUT2D eigenvalue weighted by molar-refractivity contribution is -0.917. The molecule has 1 aromatic rings. The maximum Gasteiger partial charge on any atom is 0.338 e. The average molecular weight is 369 g/mol. The van der Waals surface area contributed by atoms with Gasteiger partial charge >= 0.3 is 5.97 Å². The number of anilines is 1. The molecule has 0 amide bonds. The van der Waals surface area contributed by atoms with Gasteiger partial charge in [0, 0.05) is 18.5 Å². The van der Waals surface area contributed by atoms with Gasteiger partial charge in [-0.25, -0.2) is 4.79 Å². The highest BCUT2D eigenvalue weighted by atomic mass is 79.9. The zero-order chi connectivity index (χ0) is 14.7. The standard InChI is InChI=1S/C17H25N2O2.BrH/c1-2-21-17(20)15-6-5-7-16(14-15)18-8-12-19(13-9-18)10-3-4-11-19;/h5-7,14H,2-4,8-13H2,1H3;1H/q+1;/p-1. The largest absolute Gasteiger partial charge is 1.00 e. The third-order valence-corrected chi connectivity index (χ3v) is 4.93. The van der Waals surface area contributed by atoms with Crippen LogP contribution in [0.1, 0.15) is 30.1 Å². The van der Waals surface area contributed by atoms with Gasteiger partial charge < -0.3 is 31.1 Å². The van der Waals surface area contributed by atoms with Gasteiger partial charge in [0.25, 0.3) is 0 Å². The summed E-state index contributed by atoms with van der Waals surface area (Å²) < 4.78 is 6.40. The molecule has 0 radical (unpaired) electrons. The molecular weight excluding hydrogens is 344 g/mol. The molecule has 0 bridgehead atoms. The number of halogens is 1. The van der Waals surface area contributed by atoms with E-state index < -0.39 is 0 Å². The van der Waals surface area contributed by atoms with Gasteiger partial charge in [-0.05, 0) is 25.1 Å². The predicted octanol–water partition coefficient (Wildman–Crippen LogP) is -0.702. The van der Waals surface area contributed by atoms with Crippen molar-refractivity contribution in [3.8, 4) is 0 Å². The lowest BCUT2D eigenvalue weighted by Gasteiger charge is -2.42. The van der Waals surface area contributed by atoms with Crippen LogP contribution in [0.3, 0.4) is 0 Å². The molecule has 1 aromatic carbocycles. The van der Waals surface area contributed by atoms with E-state index in [-0.39, 0.29) is 23.0 Å². The third-order valence-electron chi connectivity index (χ3n) is 4.93. The average Bonchev–Trinajstić information content (AvgIpc) is 2.97. The topological polar surface area (TPSA) is 29.5 Å². The Morgan fingerprint density at radius 3 is 2.50 bits per heavy atom. The molecule has 0 atom stereocenters. The Bertz CT molecular complexity index is 505. The number of hydrogen-bond acceptors (Lipinski definition) is 3. The van der Waals surface area contributed by atoms with Crippen molar-refractivity contribution in [1.29, 1.82) is 0 Å². The Hall–Kier alpha value is -1.07. The summed E-state index contributed by atoms with van der Waals surface area (Å²) in [5.74, 6) is -0.223. The number of benzene rings is 1. The fraction of sp³-hybridized carbons (Fsp3) is 0.588. The zero-order valence-corrected chi connectivity index (χ0v) is 14.8. The summed E-state index contributed by atoms with van der Waals surface area (Å²) in [5, 5.41) is 0. The summed E-state index contributed by atoms with van der Waals surface area (Å²) in [4.78, 5) is 14.2. The van der Waals surface area contributed by atoms with E-state index in [2.05, 4.69) is 11.0 Å². The molecular formula is C17H25BrN2O2. The van der Waals surface area contributed by atoms with Crippen LogP contribution in [0, 0.1) is 0 Å². The SMILES string of the molecule is CCOC(=O)c1cccc(N2CC[N+]3(CCCC3)CC2)c1.[Br-]. The summed E-state index contributed by atoms with van der Waals surface area (Å²) >= 11 is 0. The second-order valence-electron chi connectivity index (χ2n) is 6.20. The number of nitrogens with zero attached hydrogens (tertiary/aromatic N) is 2. The first-order chi connectivity index (χ1) is 10.2. The molecule has 0 aromatic heterocycles. The van der Waals surface area contributed by atoms with Crippen LogP contribution in [0.4, 0.5) is 5.69 Å². The Balaban J connectivity index is 0.00000176. The van der Waals surface area contributed by atoms with Crippen LogP contribution >= 0.6 is 0 Å². The van der Waals surface area contributed by atoms with E-state index in [9.17, 15) is 4.79 Å². The minimum atomic E-state index is -0.223. The summed E-state index contributed by atoms with van der Waals surface area (Å²) in [5.41, 5.74) is 1.81. The number of carbonyl (C=O) groups is 1. The van der Waals surface area contributed by atoms with Crippen molar-refractivity contribution in [1.82, 2.24) is 0 Å². The molecule has 2 saturated heterocycles. The van der Waals surface area contributed by atoms with Crippen molar-refractivity contribution < 1.29 is 31.0 Å². The highest BCUT2D eigenvalue weighted by Gasteiger charge is 2.35. The molecule has 1 spiro atoms. The molecule has 2 heterocycles. The van der Waals surface area contributed by atoms with Gasteiger partial charge in [-0.2, -0.15) is 0 Å². The first-order valence-electron chi connectivity index (χ1n) is 8.10. The Kier molecular flexibility index (Phi) is 5.87. The minimum absolute atomic E-state index is 0. The molecule has 5 heteroatoms. The predicted molar refractivity (Wildman–Crippen MR) is 83.6 cm³/mol. The molecule has 0 unspecified atom stereocenters. The molecule has 0 N–H and O–H groups in total. The summed E-state index contributed by atoms with van der Waals surface area (Å²) in [6, 6.07) is 7.86. The van der Waals surface area contributed by atoms with Gasteiger partial charge in [0.15, 0.2) is 0 Å². The monoisotopic (exact) mass is 368 g/mol. The number of piperazine rings is 1. The van der Waals surface area contributed by atoms with E-state index in [0.717, 1.165) is 18.8 Å². The maximum absolute atomic E-state index is 11.8. The Labute approximate surface area is 143 Å². The summed E-state index contributed by atoms with van der Waals surface area (Å²) in [6.45, 7) is 9.64. The molecule has 4 nitrogen and oxygen atoms in total. The van der Waals surface area contributed by atoms with Crippen molar-refractivity contribution >= 4 is 11.7 Å². The van der Waals surface area contributed by atoms with Crippen molar-refractivity contribution in [2.24, 2.45) is 0 Å². The van der Waals surface area contributed by atoms with Gasteiger partial charge in [0.2, 0.25) is 0 Å². The van der Waals surface area contributed by atoms with Crippen LogP contribution in [0.15, 0.2) is 24.3 Å². The number of quaternary nitrogens is 1. The fourth-order valence-electron chi connectivity index (χ4n) is 3.64. The minimum Gasteiger partial charge on any atom is -1.00 e. The number of esters is 1. The highest BCUT2D eigenvalue weighted by molar-refractivity contribution is 5.90. The molecule has 2 aliphatic heterocycles. The second kappa shape index (κ2) is 7.47. The Morgan fingerprint density at radius 2 is 1.86 bits per heavy atom. The van der Waals surface area contributed by atoms with Crippen LogP contribution < -0.4 is 21.9 Å². The molecule has 22 heavy (non-hydrogen) atoms. The number of rotatable bonds is 3. The van der Waals surface area contributed by atoms with E-state index in [0.29, 0.717) is 12.2 Å². The number of hydrogen-bond donors (Lipinski definition) is 0. The summed E-state index contributed by atoms with van der Waals surface area (Å²) in [6.07, 6.45) is 2.77. The van der Waals surface area contributed by atoms with Crippen molar-refractivity contribution in [2.45, 2.75) is 19.8 Å². The molecule has 122 valence electrons. The van der Waals surface area contributed by atoms with E-state index in [4.69, 9.17) is 4.74 Å². The van der Waals surface area contributed by atoms with Crippen molar-refractivity contribution in [2.75, 3.05) is 50.8 Å². The van der Waals surface area contributed by atoms with Crippen LogP contribution in [0.5, 0.6) is 0 Å². The first kappa shape index (κ1) is 17.3. The summed E-state index contributed by atoms with van der Waals surface area (Å²) in [7, 11) is 0. The fourth-order valence-corrected chi connectivity index (χ4v) is 3.64. The van der Waals surface area contributed by atoms with Crippen LogP contribution in [-0.4, -0.2) is 56.3 Å². The van der Waals surface area contributed by atoms with E-state index in [1.165, 1.54) is 43.5 Å². The second-order valence-corrected chi connectivity index (χ2v) is 6.20. The molecule has 0 saturated carbocycles. The van der Waals surface area contributed by atoms with E-state index in [1.54, 1.807) is 0 Å². The normalized spacial score (nSPS) is 19.8. The van der Waals surface area contributed by atoms with Crippen molar-refractivity contribution in [3.63, 3.8) is 0 Å². The highest BCUT2D eigenvalue weighted by Crippen LogP contribution is 2.25. The van der Waals surface area contributed by atoms with Crippen LogP contribution in [0.25, 0.3) is 0 Å². The lowest BCUT2D eigenvalue weighted by atomic mass is 10.1. The molecule has 0 aliphatic carbocycles.